The number of amides is 1. The number of carboxylic acid groups (broad SMARTS) is 1. The van der Waals surface area contributed by atoms with Gasteiger partial charge in [-0.05, 0) is 30.0 Å². The van der Waals surface area contributed by atoms with Crippen LogP contribution < -0.4 is 0 Å². The third-order valence-electron chi connectivity index (χ3n) is 6.08. The van der Waals surface area contributed by atoms with Crippen molar-refractivity contribution in [3.63, 3.8) is 0 Å². The number of hydrogen-bond acceptors (Lipinski definition) is 5. The van der Waals surface area contributed by atoms with Crippen LogP contribution in [0.15, 0.2) is 29.2 Å². The predicted molar refractivity (Wildman–Crippen MR) is 104 cm³/mol. The molecule has 2 saturated heterocycles. The van der Waals surface area contributed by atoms with Gasteiger partial charge in [0.2, 0.25) is 5.91 Å². The molecule has 3 rings (SSSR count). The van der Waals surface area contributed by atoms with Crippen molar-refractivity contribution in [1.82, 2.24) is 9.80 Å². The van der Waals surface area contributed by atoms with Crippen LogP contribution >= 0.6 is 0 Å². The van der Waals surface area contributed by atoms with E-state index in [9.17, 15) is 18.0 Å². The molecular weight excluding hydrogens is 380 g/mol. The van der Waals surface area contributed by atoms with Crippen LogP contribution in [0.4, 0.5) is 0 Å². The molecule has 0 aromatic heterocycles. The second-order valence-electron chi connectivity index (χ2n) is 8.17. The number of carbonyl (C=O) groups excluding carboxylic acids is 1. The molecule has 28 heavy (non-hydrogen) atoms. The maximum Gasteiger partial charge on any atom is 0.303 e. The quantitative estimate of drug-likeness (QED) is 0.737. The largest absolute Gasteiger partial charge is 0.481 e. The molecule has 0 saturated carbocycles. The summed E-state index contributed by atoms with van der Waals surface area (Å²) < 4.78 is 23.2. The van der Waals surface area contributed by atoms with E-state index in [0.717, 1.165) is 18.7 Å². The summed E-state index contributed by atoms with van der Waals surface area (Å²) in [5.74, 6) is -0.395. The van der Waals surface area contributed by atoms with Crippen LogP contribution in [0.2, 0.25) is 0 Å². The minimum absolute atomic E-state index is 0.113. The van der Waals surface area contributed by atoms with Crippen molar-refractivity contribution in [2.75, 3.05) is 32.4 Å². The highest BCUT2D eigenvalue weighted by molar-refractivity contribution is 7.90. The van der Waals surface area contributed by atoms with Gasteiger partial charge in [-0.15, -0.1) is 0 Å². The molecule has 1 amide bonds. The average Bonchev–Trinajstić information content (AvgIpc) is 3.13. The second kappa shape index (κ2) is 7.83. The first-order valence-corrected chi connectivity index (χ1v) is 11.5. The first-order valence-electron chi connectivity index (χ1n) is 9.64. The SMILES string of the molecule is CCC(=O)N1C[C@@H]2CN(Cc3ccc(S(C)(=O)=O)cc3)C[C@]2(CCC(=O)O)C1. The molecule has 2 aliphatic heterocycles. The van der Waals surface area contributed by atoms with Gasteiger partial charge in [-0.2, -0.15) is 0 Å². The topological polar surface area (TPSA) is 95.0 Å². The Morgan fingerprint density at radius 2 is 1.86 bits per heavy atom. The Balaban J connectivity index is 1.71. The molecule has 0 bridgehead atoms. The molecule has 154 valence electrons. The number of benzene rings is 1. The van der Waals surface area contributed by atoms with E-state index in [1.54, 1.807) is 12.1 Å². The lowest BCUT2D eigenvalue weighted by Crippen LogP contribution is -2.36. The van der Waals surface area contributed by atoms with Crippen molar-refractivity contribution in [3.8, 4) is 0 Å². The van der Waals surface area contributed by atoms with Gasteiger partial charge in [-0.3, -0.25) is 14.5 Å². The predicted octanol–water partition coefficient (Wildman–Crippen LogP) is 1.63. The van der Waals surface area contributed by atoms with Gasteiger partial charge in [-0.25, -0.2) is 8.42 Å². The summed E-state index contributed by atoms with van der Waals surface area (Å²) in [5, 5.41) is 9.16. The van der Waals surface area contributed by atoms with E-state index in [0.29, 0.717) is 37.4 Å². The number of rotatable bonds is 7. The summed E-state index contributed by atoms with van der Waals surface area (Å²) in [6.07, 6.45) is 2.35. The van der Waals surface area contributed by atoms with Gasteiger partial charge in [0.1, 0.15) is 0 Å². The molecule has 2 fully saturated rings. The molecule has 2 aliphatic rings. The van der Waals surface area contributed by atoms with E-state index >= 15 is 0 Å². The van der Waals surface area contributed by atoms with Crippen molar-refractivity contribution in [2.24, 2.45) is 11.3 Å². The molecule has 0 radical (unpaired) electrons. The Kier molecular flexibility index (Phi) is 5.82. The minimum Gasteiger partial charge on any atom is -0.481 e. The summed E-state index contributed by atoms with van der Waals surface area (Å²) in [4.78, 5) is 27.8. The van der Waals surface area contributed by atoms with Crippen molar-refractivity contribution in [2.45, 2.75) is 37.6 Å². The Morgan fingerprint density at radius 1 is 1.18 bits per heavy atom. The van der Waals surface area contributed by atoms with Crippen LogP contribution in [-0.2, 0) is 26.0 Å². The number of carboxylic acids is 1. The van der Waals surface area contributed by atoms with Crippen molar-refractivity contribution < 1.29 is 23.1 Å². The zero-order valence-corrected chi connectivity index (χ0v) is 17.2. The summed E-state index contributed by atoms with van der Waals surface area (Å²) in [7, 11) is -3.21. The summed E-state index contributed by atoms with van der Waals surface area (Å²) in [6, 6.07) is 6.93. The van der Waals surface area contributed by atoms with Gasteiger partial charge < -0.3 is 10.0 Å². The van der Waals surface area contributed by atoms with Crippen LogP contribution in [0.1, 0.15) is 31.7 Å². The molecule has 2 atom stereocenters. The van der Waals surface area contributed by atoms with E-state index in [1.165, 1.54) is 6.26 Å². The fourth-order valence-corrected chi connectivity index (χ4v) is 5.27. The zero-order valence-electron chi connectivity index (χ0n) is 16.4. The molecular formula is C20H28N2O5S. The fraction of sp³-hybridized carbons (Fsp3) is 0.600. The molecule has 0 unspecified atom stereocenters. The molecule has 7 nitrogen and oxygen atoms in total. The van der Waals surface area contributed by atoms with Gasteiger partial charge in [-0.1, -0.05) is 19.1 Å². The molecule has 1 aromatic rings. The Morgan fingerprint density at radius 3 is 2.43 bits per heavy atom. The number of aliphatic carboxylic acids is 1. The molecule has 8 heteroatoms. The number of likely N-dealkylation sites (tertiary alicyclic amines) is 2. The van der Waals surface area contributed by atoms with E-state index < -0.39 is 15.8 Å². The normalized spacial score (nSPS) is 25.1. The lowest BCUT2D eigenvalue weighted by molar-refractivity contribution is -0.137. The van der Waals surface area contributed by atoms with Gasteiger partial charge in [0.15, 0.2) is 9.84 Å². The van der Waals surface area contributed by atoms with Crippen LogP contribution in [-0.4, -0.2) is 67.6 Å². The number of carbonyl (C=O) groups is 2. The summed E-state index contributed by atoms with van der Waals surface area (Å²) in [5.41, 5.74) is 0.859. The van der Waals surface area contributed by atoms with Gasteiger partial charge >= 0.3 is 5.97 Å². The highest BCUT2D eigenvalue weighted by Gasteiger charge is 2.52. The van der Waals surface area contributed by atoms with E-state index in [-0.39, 0.29) is 23.7 Å². The maximum absolute atomic E-state index is 12.2. The third-order valence-corrected chi connectivity index (χ3v) is 7.21. The van der Waals surface area contributed by atoms with Crippen molar-refractivity contribution >= 4 is 21.7 Å². The molecule has 2 heterocycles. The molecule has 0 aliphatic carbocycles. The molecule has 0 spiro atoms. The highest BCUT2D eigenvalue weighted by atomic mass is 32.2. The number of hydrogen-bond donors (Lipinski definition) is 1. The van der Waals surface area contributed by atoms with Gasteiger partial charge in [0, 0.05) is 57.2 Å². The lowest BCUT2D eigenvalue weighted by atomic mass is 9.77. The molecule has 1 aromatic carbocycles. The summed E-state index contributed by atoms with van der Waals surface area (Å²) in [6.45, 7) is 5.44. The van der Waals surface area contributed by atoms with Gasteiger partial charge in [0.05, 0.1) is 4.90 Å². The second-order valence-corrected chi connectivity index (χ2v) is 10.2. The van der Waals surface area contributed by atoms with Crippen molar-refractivity contribution in [3.05, 3.63) is 29.8 Å². The highest BCUT2D eigenvalue weighted by Crippen LogP contribution is 2.46. The lowest BCUT2D eigenvalue weighted by Gasteiger charge is -2.29. The Bertz CT molecular complexity index is 852. The van der Waals surface area contributed by atoms with Gasteiger partial charge in [0.25, 0.3) is 0 Å². The number of fused-ring (bicyclic) bond motifs is 1. The maximum atomic E-state index is 12.2. The van der Waals surface area contributed by atoms with E-state index in [4.69, 9.17) is 5.11 Å². The zero-order chi connectivity index (χ0) is 20.5. The monoisotopic (exact) mass is 408 g/mol. The first kappa shape index (κ1) is 20.8. The van der Waals surface area contributed by atoms with E-state index in [2.05, 4.69) is 4.90 Å². The van der Waals surface area contributed by atoms with Crippen molar-refractivity contribution in [1.29, 1.82) is 0 Å². The van der Waals surface area contributed by atoms with Crippen LogP contribution in [0, 0.1) is 11.3 Å². The van der Waals surface area contributed by atoms with Crippen LogP contribution in [0.5, 0.6) is 0 Å². The Labute approximate surface area is 166 Å². The summed E-state index contributed by atoms with van der Waals surface area (Å²) >= 11 is 0. The van der Waals surface area contributed by atoms with Crippen LogP contribution in [0.3, 0.4) is 0 Å². The number of nitrogens with zero attached hydrogens (tertiary/aromatic N) is 2. The average molecular weight is 409 g/mol. The smallest absolute Gasteiger partial charge is 0.303 e. The van der Waals surface area contributed by atoms with Crippen LogP contribution in [0.25, 0.3) is 0 Å². The van der Waals surface area contributed by atoms with E-state index in [1.807, 2.05) is 24.0 Å². The minimum atomic E-state index is -3.21. The Hall–Kier alpha value is -1.93. The molecule has 1 N–H and O–H groups in total. The first-order chi connectivity index (χ1) is 13.1. The standard InChI is InChI=1S/C20H28N2O5S/c1-3-18(23)22-12-16-11-21(13-20(16,14-22)9-8-19(24)25)10-15-4-6-17(7-5-15)28(2,26)27/h4-7,16H,3,8-14H2,1-2H3,(H,24,25)/t16-,20+/m0/s1. The number of sulfone groups is 1. The fourth-order valence-electron chi connectivity index (χ4n) is 4.64. The third kappa shape index (κ3) is 4.38.